The van der Waals surface area contributed by atoms with Crippen LogP contribution in [0.2, 0.25) is 0 Å². The van der Waals surface area contributed by atoms with E-state index >= 15 is 0 Å². The molecule has 1 aromatic rings. The molecule has 0 aliphatic heterocycles. The summed E-state index contributed by atoms with van der Waals surface area (Å²) < 4.78 is 2.02. The normalized spacial score (nSPS) is 10.8. The average Bonchev–Trinajstić information content (AvgIpc) is 2.75. The highest BCUT2D eigenvalue weighted by atomic mass is 14.9. The molecule has 0 N–H and O–H groups in total. The van der Waals surface area contributed by atoms with Gasteiger partial charge in [-0.1, -0.05) is 33.1 Å². The van der Waals surface area contributed by atoms with Gasteiger partial charge in [0.25, 0.3) is 0 Å². The largest absolute Gasteiger partial charge is 0.324 e. The maximum Gasteiger partial charge on any atom is 0.0472 e. The van der Waals surface area contributed by atoms with Crippen molar-refractivity contribution < 1.29 is 0 Å². The summed E-state index contributed by atoms with van der Waals surface area (Å²) in [6.07, 6.45) is 7.64. The minimum Gasteiger partial charge on any atom is -0.324 e. The fraction of sp³-hybridized carbons (Fsp3) is 0.231. The summed E-state index contributed by atoms with van der Waals surface area (Å²) in [6, 6.07) is 3.97. The fourth-order valence-electron chi connectivity index (χ4n) is 1.07. The van der Waals surface area contributed by atoms with E-state index in [9.17, 15) is 0 Å². The predicted molar refractivity (Wildman–Crippen MR) is 65.1 cm³/mol. The van der Waals surface area contributed by atoms with Gasteiger partial charge in [0.1, 0.15) is 0 Å². The van der Waals surface area contributed by atoms with Gasteiger partial charge in [0.05, 0.1) is 0 Å². The first-order chi connectivity index (χ1) is 6.79. The van der Waals surface area contributed by atoms with Gasteiger partial charge in [0.2, 0.25) is 0 Å². The topological polar surface area (TPSA) is 4.93 Å². The van der Waals surface area contributed by atoms with Crippen molar-refractivity contribution in [3.05, 3.63) is 55.4 Å². The summed E-state index contributed by atoms with van der Waals surface area (Å²) in [7, 11) is 0. The molecule has 76 valence electrons. The van der Waals surface area contributed by atoms with E-state index in [1.54, 1.807) is 0 Å². The molecule has 0 spiro atoms. The van der Waals surface area contributed by atoms with Crippen molar-refractivity contribution in [2.75, 3.05) is 0 Å². The number of hydrogen-bond donors (Lipinski definition) is 0. The van der Waals surface area contributed by atoms with Crippen LogP contribution in [-0.2, 0) is 0 Å². The predicted octanol–water partition coefficient (Wildman–Crippen LogP) is 4.12. The van der Waals surface area contributed by atoms with Crippen LogP contribution in [0.4, 0.5) is 0 Å². The standard InChI is InChI=1S/C11H13N.C2H6/c1-4-10(3)11(5-2)12-8-6-7-9-12;1-2/h4-9H,1-2H2,3H3;1-2H3/b11-10+;. The van der Waals surface area contributed by atoms with Crippen LogP contribution in [0.15, 0.2) is 55.4 Å². The minimum absolute atomic E-state index is 1.08. The molecular formula is C13H19N. The van der Waals surface area contributed by atoms with E-state index in [1.165, 1.54) is 0 Å². The lowest BCUT2D eigenvalue weighted by Gasteiger charge is -2.05. The van der Waals surface area contributed by atoms with Crippen LogP contribution in [-0.4, -0.2) is 4.57 Å². The third-order valence-corrected chi connectivity index (χ3v) is 1.79. The first kappa shape index (κ1) is 12.5. The van der Waals surface area contributed by atoms with Gasteiger partial charge in [-0.2, -0.15) is 0 Å². The van der Waals surface area contributed by atoms with Gasteiger partial charge in [-0.25, -0.2) is 0 Å². The van der Waals surface area contributed by atoms with Crippen molar-refractivity contribution in [3.63, 3.8) is 0 Å². The zero-order chi connectivity index (χ0) is 11.0. The van der Waals surface area contributed by atoms with Crippen molar-refractivity contribution in [1.82, 2.24) is 4.57 Å². The van der Waals surface area contributed by atoms with E-state index in [0.29, 0.717) is 0 Å². The van der Waals surface area contributed by atoms with Gasteiger partial charge in [0.15, 0.2) is 0 Å². The Labute approximate surface area is 87.1 Å². The summed E-state index contributed by atoms with van der Waals surface area (Å²) in [5, 5.41) is 0. The van der Waals surface area contributed by atoms with E-state index in [4.69, 9.17) is 0 Å². The second kappa shape index (κ2) is 6.96. The maximum atomic E-state index is 3.76. The smallest absolute Gasteiger partial charge is 0.0472 e. The van der Waals surface area contributed by atoms with Crippen molar-refractivity contribution in [2.24, 2.45) is 0 Å². The zero-order valence-corrected chi connectivity index (χ0v) is 9.33. The van der Waals surface area contributed by atoms with Crippen LogP contribution >= 0.6 is 0 Å². The van der Waals surface area contributed by atoms with E-state index in [2.05, 4.69) is 13.2 Å². The molecule has 0 amide bonds. The number of aromatic nitrogens is 1. The monoisotopic (exact) mass is 189 g/mol. The Hall–Kier alpha value is -1.50. The molecule has 1 heteroatoms. The van der Waals surface area contributed by atoms with E-state index in [0.717, 1.165) is 11.3 Å². The van der Waals surface area contributed by atoms with Crippen LogP contribution in [0.3, 0.4) is 0 Å². The summed E-state index contributed by atoms with van der Waals surface area (Å²) in [5.41, 5.74) is 2.20. The lowest BCUT2D eigenvalue weighted by molar-refractivity contribution is 1.11. The van der Waals surface area contributed by atoms with Crippen LogP contribution in [0, 0.1) is 0 Å². The lowest BCUT2D eigenvalue weighted by atomic mass is 10.2. The van der Waals surface area contributed by atoms with Crippen molar-refractivity contribution in [1.29, 1.82) is 0 Å². The van der Waals surface area contributed by atoms with Crippen molar-refractivity contribution >= 4 is 5.70 Å². The zero-order valence-electron chi connectivity index (χ0n) is 9.33. The molecule has 0 fully saturated rings. The highest BCUT2D eigenvalue weighted by Gasteiger charge is 1.95. The molecule has 1 aromatic heterocycles. The number of allylic oxidation sites excluding steroid dienone is 4. The molecule has 1 nitrogen and oxygen atoms in total. The summed E-state index contributed by atoms with van der Waals surface area (Å²) in [6.45, 7) is 13.5. The van der Waals surface area contributed by atoms with Gasteiger partial charge in [-0.3, -0.25) is 0 Å². The molecule has 14 heavy (non-hydrogen) atoms. The van der Waals surface area contributed by atoms with E-state index in [-0.39, 0.29) is 0 Å². The van der Waals surface area contributed by atoms with Gasteiger partial charge in [0, 0.05) is 18.1 Å². The number of rotatable bonds is 3. The van der Waals surface area contributed by atoms with Crippen molar-refractivity contribution in [3.8, 4) is 0 Å². The molecule has 0 atom stereocenters. The second-order valence-electron chi connectivity index (χ2n) is 2.57. The molecule has 0 saturated heterocycles. The molecule has 0 aliphatic rings. The number of hydrogen-bond acceptors (Lipinski definition) is 0. The van der Waals surface area contributed by atoms with Gasteiger partial charge < -0.3 is 4.57 Å². The minimum atomic E-state index is 1.08. The molecule has 1 rings (SSSR count). The first-order valence-corrected chi connectivity index (χ1v) is 4.88. The van der Waals surface area contributed by atoms with E-state index < -0.39 is 0 Å². The Balaban J connectivity index is 0.000000791. The summed E-state index contributed by atoms with van der Waals surface area (Å²) in [5.74, 6) is 0. The molecule has 0 aliphatic carbocycles. The molecule has 0 aromatic carbocycles. The fourth-order valence-corrected chi connectivity index (χ4v) is 1.07. The van der Waals surface area contributed by atoms with Crippen LogP contribution < -0.4 is 0 Å². The first-order valence-electron chi connectivity index (χ1n) is 4.88. The molecule has 0 radical (unpaired) electrons. The highest BCUT2D eigenvalue weighted by molar-refractivity contribution is 5.62. The molecule has 0 saturated carbocycles. The van der Waals surface area contributed by atoms with Crippen LogP contribution in [0.5, 0.6) is 0 Å². The Bertz CT molecular complexity index is 302. The second-order valence-corrected chi connectivity index (χ2v) is 2.57. The van der Waals surface area contributed by atoms with E-state index in [1.807, 2.05) is 62.0 Å². The molecule has 1 heterocycles. The third-order valence-electron chi connectivity index (χ3n) is 1.79. The Morgan fingerprint density at radius 1 is 1.07 bits per heavy atom. The lowest BCUT2D eigenvalue weighted by Crippen LogP contribution is -1.91. The quantitative estimate of drug-likeness (QED) is 0.630. The Kier molecular flexibility index (Phi) is 6.21. The highest BCUT2D eigenvalue weighted by Crippen LogP contribution is 2.12. The maximum absolute atomic E-state index is 3.76. The molecular weight excluding hydrogens is 170 g/mol. The molecule has 0 bridgehead atoms. The van der Waals surface area contributed by atoms with Gasteiger partial charge >= 0.3 is 0 Å². The van der Waals surface area contributed by atoms with Gasteiger partial charge in [-0.05, 0) is 30.7 Å². The average molecular weight is 189 g/mol. The molecule has 0 unspecified atom stereocenters. The Morgan fingerprint density at radius 2 is 1.57 bits per heavy atom. The van der Waals surface area contributed by atoms with Crippen molar-refractivity contribution in [2.45, 2.75) is 20.8 Å². The van der Waals surface area contributed by atoms with Crippen LogP contribution in [0.25, 0.3) is 5.70 Å². The van der Waals surface area contributed by atoms with Gasteiger partial charge in [-0.15, -0.1) is 0 Å². The number of nitrogens with zero attached hydrogens (tertiary/aromatic N) is 1. The Morgan fingerprint density at radius 3 is 1.93 bits per heavy atom. The van der Waals surface area contributed by atoms with Crippen LogP contribution in [0.1, 0.15) is 20.8 Å². The SMILES string of the molecule is C=C/C(C)=C(\C=C)n1cccc1.CC. The summed E-state index contributed by atoms with van der Waals surface area (Å²) in [4.78, 5) is 0. The third kappa shape index (κ3) is 3.09. The summed E-state index contributed by atoms with van der Waals surface area (Å²) >= 11 is 0.